The zero-order valence-corrected chi connectivity index (χ0v) is 9.11. The fraction of sp³-hybridized carbons (Fsp3) is 0.417. The molecule has 2 rings (SSSR count). The van der Waals surface area contributed by atoms with Gasteiger partial charge in [-0.1, -0.05) is 18.2 Å². The number of benzene rings is 1. The van der Waals surface area contributed by atoms with Crippen LogP contribution in [0.2, 0.25) is 0 Å². The molecule has 4 nitrogen and oxygen atoms in total. The van der Waals surface area contributed by atoms with Gasteiger partial charge in [-0.15, -0.1) is 0 Å². The first kappa shape index (κ1) is 11.1. The first-order chi connectivity index (χ1) is 7.71. The molecule has 86 valence electrons. The van der Waals surface area contributed by atoms with E-state index in [1.54, 1.807) is 0 Å². The molecule has 0 spiro atoms. The van der Waals surface area contributed by atoms with Gasteiger partial charge in [0, 0.05) is 18.9 Å². The van der Waals surface area contributed by atoms with E-state index in [0.717, 1.165) is 5.69 Å². The summed E-state index contributed by atoms with van der Waals surface area (Å²) in [4.78, 5) is 12.0. The van der Waals surface area contributed by atoms with Gasteiger partial charge in [0.25, 0.3) is 0 Å². The Morgan fingerprint density at radius 1 is 1.25 bits per heavy atom. The molecule has 0 bridgehead atoms. The Hall–Kier alpha value is -1.39. The number of anilines is 1. The number of carbonyl (C=O) groups is 1. The van der Waals surface area contributed by atoms with Gasteiger partial charge in [-0.25, -0.2) is 0 Å². The first-order valence-electron chi connectivity index (χ1n) is 5.44. The number of carbonyl (C=O) groups excluding carboxylic acids is 1. The smallest absolute Gasteiger partial charge is 0.244 e. The number of hydrogen-bond acceptors (Lipinski definition) is 3. The molecule has 0 atom stereocenters. The lowest BCUT2D eigenvalue weighted by Gasteiger charge is -2.31. The normalized spacial score (nSPS) is 19.1. The quantitative estimate of drug-likeness (QED) is 0.785. The van der Waals surface area contributed by atoms with Gasteiger partial charge in [-0.2, -0.15) is 0 Å². The Morgan fingerprint density at radius 2 is 1.88 bits per heavy atom. The number of para-hydroxylation sites is 1. The predicted molar refractivity (Wildman–Crippen MR) is 62.0 cm³/mol. The molecular weight excluding hydrogens is 204 g/mol. The van der Waals surface area contributed by atoms with Crippen molar-refractivity contribution >= 4 is 11.6 Å². The van der Waals surface area contributed by atoms with Crippen LogP contribution in [0, 0.1) is 0 Å². The highest BCUT2D eigenvalue weighted by Gasteiger charge is 2.35. The molecule has 1 aliphatic rings. The Morgan fingerprint density at radius 3 is 2.50 bits per heavy atom. The standard InChI is InChI=1S/C12H16N2O2/c13-12(6-8-16-9-7-12)11(15)14-10-4-2-1-3-5-10/h1-5H,6-9,13H2,(H,14,15). The van der Waals surface area contributed by atoms with Crippen LogP contribution in [0.15, 0.2) is 30.3 Å². The van der Waals surface area contributed by atoms with Crippen LogP contribution in [0.3, 0.4) is 0 Å². The number of amides is 1. The Kier molecular flexibility index (Phi) is 3.22. The summed E-state index contributed by atoms with van der Waals surface area (Å²) in [6.07, 6.45) is 1.15. The monoisotopic (exact) mass is 220 g/mol. The topological polar surface area (TPSA) is 64.4 Å². The molecule has 0 unspecified atom stereocenters. The van der Waals surface area contributed by atoms with Crippen LogP contribution in [0.5, 0.6) is 0 Å². The van der Waals surface area contributed by atoms with Crippen LogP contribution < -0.4 is 11.1 Å². The van der Waals surface area contributed by atoms with Gasteiger partial charge in [0.2, 0.25) is 5.91 Å². The maximum atomic E-state index is 12.0. The lowest BCUT2D eigenvalue weighted by atomic mass is 9.90. The second kappa shape index (κ2) is 4.63. The van der Waals surface area contributed by atoms with E-state index in [1.165, 1.54) is 0 Å². The molecule has 0 saturated carbocycles. The summed E-state index contributed by atoms with van der Waals surface area (Å²) in [6, 6.07) is 9.36. The maximum absolute atomic E-state index is 12.0. The average molecular weight is 220 g/mol. The summed E-state index contributed by atoms with van der Waals surface area (Å²) in [5.74, 6) is -0.123. The largest absolute Gasteiger partial charge is 0.381 e. The van der Waals surface area contributed by atoms with Crippen LogP contribution in [0.25, 0.3) is 0 Å². The summed E-state index contributed by atoms with van der Waals surface area (Å²) in [6.45, 7) is 1.11. The Balaban J connectivity index is 2.02. The second-order valence-corrected chi connectivity index (χ2v) is 4.09. The minimum absolute atomic E-state index is 0.123. The fourth-order valence-corrected chi connectivity index (χ4v) is 1.74. The SMILES string of the molecule is NC1(C(=O)Nc2ccccc2)CCOCC1. The molecule has 1 fully saturated rings. The van der Waals surface area contributed by atoms with Crippen molar-refractivity contribution in [3.05, 3.63) is 30.3 Å². The molecule has 0 radical (unpaired) electrons. The van der Waals surface area contributed by atoms with E-state index in [0.29, 0.717) is 26.1 Å². The number of nitrogens with two attached hydrogens (primary N) is 1. The lowest BCUT2D eigenvalue weighted by Crippen LogP contribution is -2.54. The first-order valence-corrected chi connectivity index (χ1v) is 5.44. The number of nitrogens with one attached hydrogen (secondary N) is 1. The van der Waals surface area contributed by atoms with E-state index in [1.807, 2.05) is 30.3 Å². The Labute approximate surface area is 94.8 Å². The van der Waals surface area contributed by atoms with Gasteiger partial charge in [0.15, 0.2) is 0 Å². The van der Waals surface area contributed by atoms with Gasteiger partial charge in [0.05, 0.1) is 0 Å². The van der Waals surface area contributed by atoms with Crippen molar-refractivity contribution < 1.29 is 9.53 Å². The van der Waals surface area contributed by atoms with Crippen LogP contribution in [-0.2, 0) is 9.53 Å². The third-order valence-corrected chi connectivity index (χ3v) is 2.87. The fourth-order valence-electron chi connectivity index (χ4n) is 1.74. The minimum atomic E-state index is -0.784. The predicted octanol–water partition coefficient (Wildman–Crippen LogP) is 1.13. The van der Waals surface area contributed by atoms with E-state index >= 15 is 0 Å². The summed E-state index contributed by atoms with van der Waals surface area (Å²) in [7, 11) is 0. The molecular formula is C12H16N2O2. The van der Waals surface area contributed by atoms with Crippen molar-refractivity contribution in [2.75, 3.05) is 18.5 Å². The van der Waals surface area contributed by atoms with Gasteiger partial charge >= 0.3 is 0 Å². The average Bonchev–Trinajstić information content (AvgIpc) is 2.31. The van der Waals surface area contributed by atoms with E-state index in [9.17, 15) is 4.79 Å². The highest BCUT2D eigenvalue weighted by molar-refractivity contribution is 5.97. The van der Waals surface area contributed by atoms with E-state index < -0.39 is 5.54 Å². The lowest BCUT2D eigenvalue weighted by molar-refractivity contribution is -0.124. The van der Waals surface area contributed by atoms with Crippen molar-refractivity contribution in [3.63, 3.8) is 0 Å². The van der Waals surface area contributed by atoms with E-state index in [2.05, 4.69) is 5.32 Å². The summed E-state index contributed by atoms with van der Waals surface area (Å²) < 4.78 is 5.21. The van der Waals surface area contributed by atoms with Crippen LogP contribution in [-0.4, -0.2) is 24.7 Å². The van der Waals surface area contributed by atoms with Gasteiger partial charge in [-0.3, -0.25) is 4.79 Å². The third kappa shape index (κ3) is 2.40. The van der Waals surface area contributed by atoms with Crippen molar-refractivity contribution in [3.8, 4) is 0 Å². The molecule has 0 aliphatic carbocycles. The zero-order valence-electron chi connectivity index (χ0n) is 9.11. The molecule has 0 aromatic heterocycles. The molecule has 16 heavy (non-hydrogen) atoms. The third-order valence-electron chi connectivity index (χ3n) is 2.87. The number of hydrogen-bond donors (Lipinski definition) is 2. The summed E-state index contributed by atoms with van der Waals surface area (Å²) in [5, 5.41) is 2.83. The molecule has 1 aromatic carbocycles. The Bertz CT molecular complexity index is 359. The van der Waals surface area contributed by atoms with Gasteiger partial charge in [-0.05, 0) is 25.0 Å². The highest BCUT2D eigenvalue weighted by Crippen LogP contribution is 2.19. The number of rotatable bonds is 2. The van der Waals surface area contributed by atoms with E-state index in [-0.39, 0.29) is 5.91 Å². The van der Waals surface area contributed by atoms with Gasteiger partial charge in [0.1, 0.15) is 5.54 Å². The van der Waals surface area contributed by atoms with Crippen LogP contribution >= 0.6 is 0 Å². The molecule has 1 heterocycles. The van der Waals surface area contributed by atoms with E-state index in [4.69, 9.17) is 10.5 Å². The van der Waals surface area contributed by atoms with Crippen LogP contribution in [0.4, 0.5) is 5.69 Å². The minimum Gasteiger partial charge on any atom is -0.381 e. The van der Waals surface area contributed by atoms with Crippen molar-refractivity contribution in [2.24, 2.45) is 5.73 Å². The molecule has 1 aromatic rings. The molecule has 1 saturated heterocycles. The zero-order chi connectivity index (χ0) is 11.4. The van der Waals surface area contributed by atoms with Crippen LogP contribution in [0.1, 0.15) is 12.8 Å². The second-order valence-electron chi connectivity index (χ2n) is 4.09. The van der Waals surface area contributed by atoms with Crippen molar-refractivity contribution in [1.29, 1.82) is 0 Å². The van der Waals surface area contributed by atoms with Crippen molar-refractivity contribution in [2.45, 2.75) is 18.4 Å². The maximum Gasteiger partial charge on any atom is 0.244 e. The summed E-state index contributed by atoms with van der Waals surface area (Å²) in [5.41, 5.74) is 6.06. The number of ether oxygens (including phenoxy) is 1. The summed E-state index contributed by atoms with van der Waals surface area (Å²) >= 11 is 0. The molecule has 1 aliphatic heterocycles. The molecule has 4 heteroatoms. The van der Waals surface area contributed by atoms with Gasteiger partial charge < -0.3 is 15.8 Å². The molecule has 1 amide bonds. The molecule has 3 N–H and O–H groups in total. The highest BCUT2D eigenvalue weighted by atomic mass is 16.5. The van der Waals surface area contributed by atoms with Crippen molar-refractivity contribution in [1.82, 2.24) is 0 Å².